The highest BCUT2D eigenvalue weighted by molar-refractivity contribution is 9.10. The SMILES string of the molecule is CCNC(=NCc1ncnn1C)NCCNC(=O)c1ccc(Br)cc1. The van der Waals surface area contributed by atoms with Crippen molar-refractivity contribution >= 4 is 27.8 Å². The van der Waals surface area contributed by atoms with Crippen LogP contribution in [0.1, 0.15) is 23.1 Å². The third-order valence-corrected chi connectivity index (χ3v) is 3.87. The third-order valence-electron chi connectivity index (χ3n) is 3.34. The Labute approximate surface area is 155 Å². The summed E-state index contributed by atoms with van der Waals surface area (Å²) in [5.74, 6) is 1.35. The number of amides is 1. The van der Waals surface area contributed by atoms with E-state index in [0.717, 1.165) is 16.8 Å². The minimum Gasteiger partial charge on any atom is -0.357 e. The number of nitrogens with zero attached hydrogens (tertiary/aromatic N) is 4. The van der Waals surface area contributed by atoms with E-state index in [4.69, 9.17) is 0 Å². The van der Waals surface area contributed by atoms with Gasteiger partial charge in [0.1, 0.15) is 18.7 Å². The molecule has 0 aliphatic heterocycles. The van der Waals surface area contributed by atoms with E-state index < -0.39 is 0 Å². The predicted octanol–water partition coefficient (Wildman–Crippen LogP) is 1.06. The van der Waals surface area contributed by atoms with Crippen molar-refractivity contribution in [3.8, 4) is 0 Å². The van der Waals surface area contributed by atoms with Crippen molar-refractivity contribution in [2.45, 2.75) is 13.5 Å². The molecule has 1 aromatic carbocycles. The number of carbonyl (C=O) groups is 1. The summed E-state index contributed by atoms with van der Waals surface area (Å²) in [6.45, 7) is 4.22. The van der Waals surface area contributed by atoms with Gasteiger partial charge in [-0.2, -0.15) is 5.10 Å². The lowest BCUT2D eigenvalue weighted by Crippen LogP contribution is -2.41. The van der Waals surface area contributed by atoms with Crippen molar-refractivity contribution < 1.29 is 4.79 Å². The molecule has 1 heterocycles. The molecule has 1 aromatic heterocycles. The number of halogens is 1. The first-order valence-corrected chi connectivity index (χ1v) is 8.78. The van der Waals surface area contributed by atoms with Gasteiger partial charge in [0.25, 0.3) is 5.91 Å². The fourth-order valence-corrected chi connectivity index (χ4v) is 2.28. The van der Waals surface area contributed by atoms with E-state index >= 15 is 0 Å². The lowest BCUT2D eigenvalue weighted by molar-refractivity contribution is 0.0954. The van der Waals surface area contributed by atoms with E-state index in [2.05, 4.69) is 47.0 Å². The molecule has 0 aliphatic carbocycles. The van der Waals surface area contributed by atoms with Gasteiger partial charge in [-0.15, -0.1) is 0 Å². The predicted molar refractivity (Wildman–Crippen MR) is 100 cm³/mol. The molecule has 0 atom stereocenters. The molecule has 8 nitrogen and oxygen atoms in total. The van der Waals surface area contributed by atoms with E-state index in [1.807, 2.05) is 26.1 Å². The topological polar surface area (TPSA) is 96.2 Å². The average molecular weight is 408 g/mol. The Kier molecular flexibility index (Phi) is 7.39. The van der Waals surface area contributed by atoms with E-state index in [1.54, 1.807) is 16.8 Å². The van der Waals surface area contributed by atoms with Crippen LogP contribution < -0.4 is 16.0 Å². The fourth-order valence-electron chi connectivity index (χ4n) is 2.02. The quantitative estimate of drug-likeness (QED) is 0.362. The van der Waals surface area contributed by atoms with Crippen LogP contribution in [0, 0.1) is 0 Å². The van der Waals surface area contributed by atoms with Crippen LogP contribution in [0.4, 0.5) is 0 Å². The summed E-state index contributed by atoms with van der Waals surface area (Å²) in [7, 11) is 1.83. The molecule has 0 saturated carbocycles. The summed E-state index contributed by atoms with van der Waals surface area (Å²) in [4.78, 5) is 20.6. The van der Waals surface area contributed by atoms with Gasteiger partial charge in [0.15, 0.2) is 5.96 Å². The third kappa shape index (κ3) is 6.18. The van der Waals surface area contributed by atoms with Crippen molar-refractivity contribution in [1.29, 1.82) is 0 Å². The first-order chi connectivity index (χ1) is 12.1. The highest BCUT2D eigenvalue weighted by Crippen LogP contribution is 2.10. The zero-order valence-corrected chi connectivity index (χ0v) is 15.9. The second kappa shape index (κ2) is 9.77. The Bertz CT molecular complexity index is 712. The van der Waals surface area contributed by atoms with Gasteiger partial charge in [0.05, 0.1) is 0 Å². The molecule has 3 N–H and O–H groups in total. The Balaban J connectivity index is 1.78. The summed E-state index contributed by atoms with van der Waals surface area (Å²) in [5.41, 5.74) is 0.631. The Morgan fingerprint density at radius 1 is 1.20 bits per heavy atom. The van der Waals surface area contributed by atoms with Crippen LogP contribution in [0.15, 0.2) is 40.1 Å². The minimum atomic E-state index is -0.102. The highest BCUT2D eigenvalue weighted by Gasteiger charge is 2.05. The number of nitrogens with one attached hydrogen (secondary N) is 3. The van der Waals surface area contributed by atoms with Gasteiger partial charge in [-0.1, -0.05) is 15.9 Å². The number of aliphatic imine (C=N–C) groups is 1. The number of aromatic nitrogens is 3. The summed E-state index contributed by atoms with van der Waals surface area (Å²) >= 11 is 3.35. The maximum Gasteiger partial charge on any atom is 0.251 e. The monoisotopic (exact) mass is 407 g/mol. The fraction of sp³-hybridized carbons (Fsp3) is 0.375. The van der Waals surface area contributed by atoms with Crippen LogP contribution in [0.2, 0.25) is 0 Å². The summed E-state index contributed by atoms with van der Waals surface area (Å²) in [6, 6.07) is 7.24. The van der Waals surface area contributed by atoms with Crippen molar-refractivity contribution in [2.24, 2.45) is 12.0 Å². The van der Waals surface area contributed by atoms with Crippen LogP contribution in [0.3, 0.4) is 0 Å². The van der Waals surface area contributed by atoms with Crippen LogP contribution in [0.25, 0.3) is 0 Å². The number of hydrogen-bond donors (Lipinski definition) is 3. The molecule has 0 spiro atoms. The number of guanidine groups is 1. The molecule has 134 valence electrons. The Hall–Kier alpha value is -2.42. The largest absolute Gasteiger partial charge is 0.357 e. The van der Waals surface area contributed by atoms with Crippen molar-refractivity contribution in [2.75, 3.05) is 19.6 Å². The lowest BCUT2D eigenvalue weighted by atomic mass is 10.2. The second-order valence-corrected chi connectivity index (χ2v) is 6.10. The number of carbonyl (C=O) groups excluding carboxylic acids is 1. The molecule has 0 fully saturated rings. The van der Waals surface area contributed by atoms with E-state index in [9.17, 15) is 4.79 Å². The molecule has 0 bridgehead atoms. The molecule has 0 unspecified atom stereocenters. The molecule has 0 saturated heterocycles. The van der Waals surface area contributed by atoms with Crippen LogP contribution in [-0.4, -0.2) is 46.3 Å². The molecular formula is C16H22BrN7O. The van der Waals surface area contributed by atoms with Gasteiger partial charge in [0.2, 0.25) is 0 Å². The van der Waals surface area contributed by atoms with E-state index in [0.29, 0.717) is 31.2 Å². The minimum absolute atomic E-state index is 0.102. The van der Waals surface area contributed by atoms with Gasteiger partial charge in [0, 0.05) is 36.7 Å². The van der Waals surface area contributed by atoms with Crippen molar-refractivity contribution in [1.82, 2.24) is 30.7 Å². The molecular weight excluding hydrogens is 386 g/mol. The molecule has 1 amide bonds. The maximum atomic E-state index is 12.0. The molecule has 9 heteroatoms. The summed E-state index contributed by atoms with van der Waals surface area (Å²) < 4.78 is 2.63. The van der Waals surface area contributed by atoms with Crippen molar-refractivity contribution in [3.63, 3.8) is 0 Å². The smallest absolute Gasteiger partial charge is 0.251 e. The molecule has 2 rings (SSSR count). The Morgan fingerprint density at radius 3 is 2.56 bits per heavy atom. The zero-order chi connectivity index (χ0) is 18.1. The lowest BCUT2D eigenvalue weighted by Gasteiger charge is -2.12. The van der Waals surface area contributed by atoms with E-state index in [1.165, 1.54) is 6.33 Å². The molecule has 2 aromatic rings. The second-order valence-electron chi connectivity index (χ2n) is 5.18. The van der Waals surface area contributed by atoms with Gasteiger partial charge in [-0.25, -0.2) is 9.98 Å². The summed E-state index contributed by atoms with van der Waals surface area (Å²) in [5, 5.41) is 13.2. The number of aryl methyl sites for hydroxylation is 1. The maximum absolute atomic E-state index is 12.0. The van der Waals surface area contributed by atoms with Crippen LogP contribution in [0.5, 0.6) is 0 Å². The number of benzene rings is 1. The highest BCUT2D eigenvalue weighted by atomic mass is 79.9. The first kappa shape index (κ1) is 18.9. The summed E-state index contributed by atoms with van der Waals surface area (Å²) in [6.07, 6.45) is 1.50. The number of rotatable bonds is 7. The van der Waals surface area contributed by atoms with Crippen molar-refractivity contribution in [3.05, 3.63) is 46.5 Å². The first-order valence-electron chi connectivity index (χ1n) is 7.99. The normalized spacial score (nSPS) is 11.2. The zero-order valence-electron chi connectivity index (χ0n) is 14.3. The molecule has 0 radical (unpaired) electrons. The van der Waals surface area contributed by atoms with E-state index in [-0.39, 0.29) is 5.91 Å². The Morgan fingerprint density at radius 2 is 1.92 bits per heavy atom. The molecule has 25 heavy (non-hydrogen) atoms. The van der Waals surface area contributed by atoms with Gasteiger partial charge >= 0.3 is 0 Å². The van der Waals surface area contributed by atoms with Gasteiger partial charge < -0.3 is 16.0 Å². The number of hydrogen-bond acceptors (Lipinski definition) is 4. The van der Waals surface area contributed by atoms with Crippen LogP contribution in [-0.2, 0) is 13.6 Å². The average Bonchev–Trinajstić information content (AvgIpc) is 3.02. The molecule has 0 aliphatic rings. The standard InChI is InChI=1S/C16H22BrN7O/c1-3-18-16(21-10-14-22-11-23-24(14)2)20-9-8-19-15(25)12-4-6-13(17)7-5-12/h4-7,11H,3,8-10H2,1-2H3,(H,19,25)(H2,18,20,21). The van der Waals surface area contributed by atoms with Crippen LogP contribution >= 0.6 is 15.9 Å². The van der Waals surface area contributed by atoms with Gasteiger partial charge in [-0.3, -0.25) is 9.48 Å². The van der Waals surface area contributed by atoms with Gasteiger partial charge in [-0.05, 0) is 31.2 Å².